The Morgan fingerprint density at radius 3 is 2.27 bits per heavy atom. The van der Waals surface area contributed by atoms with Gasteiger partial charge in [0.1, 0.15) is 0 Å². The first kappa shape index (κ1) is 10.5. The first-order valence-electron chi connectivity index (χ1n) is 4.98. The Bertz CT molecular complexity index is 323. The lowest BCUT2D eigenvalue weighted by molar-refractivity contribution is -0.137. The van der Waals surface area contributed by atoms with Crippen LogP contribution in [0.25, 0.3) is 0 Å². The zero-order valence-electron chi connectivity index (χ0n) is 8.14. The van der Waals surface area contributed by atoms with Gasteiger partial charge in [0.15, 0.2) is 0 Å². The predicted molar refractivity (Wildman–Crippen MR) is 51.4 cm³/mol. The van der Waals surface area contributed by atoms with Crippen LogP contribution in [0.5, 0.6) is 0 Å². The van der Waals surface area contributed by atoms with Gasteiger partial charge >= 0.3 is 6.18 Å². The molecule has 1 nitrogen and oxygen atoms in total. The minimum atomic E-state index is -4.23. The van der Waals surface area contributed by atoms with Gasteiger partial charge in [0, 0.05) is 6.04 Å². The first-order valence-corrected chi connectivity index (χ1v) is 4.98. The Hall–Kier alpha value is -1.03. The van der Waals surface area contributed by atoms with Gasteiger partial charge in [-0.1, -0.05) is 12.1 Å². The Labute approximate surface area is 86.3 Å². The standard InChI is InChI=1S/C11H12F3N/c12-11(13,14)9-5-3-8(4-6-9)10-2-1-7-15-10/h3-6,10,15H,1-2,7H2/t10-/m1/s1. The molecule has 0 radical (unpaired) electrons. The minimum Gasteiger partial charge on any atom is -0.310 e. The van der Waals surface area contributed by atoms with E-state index in [-0.39, 0.29) is 6.04 Å². The third-order valence-corrected chi connectivity index (χ3v) is 2.70. The van der Waals surface area contributed by atoms with Gasteiger partial charge in [0.2, 0.25) is 0 Å². The molecule has 1 aromatic rings. The summed E-state index contributed by atoms with van der Waals surface area (Å²) in [7, 11) is 0. The number of benzene rings is 1. The van der Waals surface area contributed by atoms with Gasteiger partial charge in [-0.05, 0) is 37.1 Å². The highest BCUT2D eigenvalue weighted by molar-refractivity contribution is 5.27. The van der Waals surface area contributed by atoms with Crippen LogP contribution in [-0.4, -0.2) is 6.54 Å². The van der Waals surface area contributed by atoms with Crippen LogP contribution in [0.3, 0.4) is 0 Å². The Kier molecular flexibility index (Phi) is 2.69. The molecule has 82 valence electrons. The number of halogens is 3. The van der Waals surface area contributed by atoms with Crippen molar-refractivity contribution in [2.45, 2.75) is 25.1 Å². The Morgan fingerprint density at radius 1 is 1.13 bits per heavy atom. The number of nitrogens with one attached hydrogen (secondary N) is 1. The second-order valence-corrected chi connectivity index (χ2v) is 3.77. The van der Waals surface area contributed by atoms with Crippen LogP contribution >= 0.6 is 0 Å². The van der Waals surface area contributed by atoms with Crippen molar-refractivity contribution in [1.29, 1.82) is 0 Å². The van der Waals surface area contributed by atoms with Gasteiger partial charge in [0.25, 0.3) is 0 Å². The van der Waals surface area contributed by atoms with Crippen molar-refractivity contribution < 1.29 is 13.2 Å². The lowest BCUT2D eigenvalue weighted by atomic mass is 10.0. The SMILES string of the molecule is FC(F)(F)c1ccc([C@H]2CCCN2)cc1. The molecule has 1 heterocycles. The monoisotopic (exact) mass is 215 g/mol. The maximum Gasteiger partial charge on any atom is 0.416 e. The number of hydrogen-bond donors (Lipinski definition) is 1. The summed E-state index contributed by atoms with van der Waals surface area (Å²) in [5, 5.41) is 3.25. The minimum absolute atomic E-state index is 0.229. The fraction of sp³-hybridized carbons (Fsp3) is 0.455. The summed E-state index contributed by atoms with van der Waals surface area (Å²) in [5.74, 6) is 0. The summed E-state index contributed by atoms with van der Waals surface area (Å²) in [6.45, 7) is 0.950. The molecule has 0 aliphatic carbocycles. The molecule has 0 saturated carbocycles. The van der Waals surface area contributed by atoms with Crippen LogP contribution in [0, 0.1) is 0 Å². The maximum atomic E-state index is 12.3. The molecule has 0 amide bonds. The summed E-state index contributed by atoms with van der Waals surface area (Å²) >= 11 is 0. The van der Waals surface area contributed by atoms with E-state index in [0.717, 1.165) is 37.1 Å². The van der Waals surface area contributed by atoms with Crippen molar-refractivity contribution in [3.8, 4) is 0 Å². The zero-order chi connectivity index (χ0) is 10.9. The Balaban J connectivity index is 2.16. The number of alkyl halides is 3. The second kappa shape index (κ2) is 3.85. The van der Waals surface area contributed by atoms with E-state index in [9.17, 15) is 13.2 Å². The van der Waals surface area contributed by atoms with E-state index < -0.39 is 11.7 Å². The third kappa shape index (κ3) is 2.31. The van der Waals surface area contributed by atoms with Crippen molar-refractivity contribution in [3.05, 3.63) is 35.4 Å². The number of rotatable bonds is 1. The molecular weight excluding hydrogens is 203 g/mol. The molecule has 1 N–H and O–H groups in total. The quantitative estimate of drug-likeness (QED) is 0.758. The van der Waals surface area contributed by atoms with E-state index in [1.54, 1.807) is 12.1 Å². The fourth-order valence-corrected chi connectivity index (χ4v) is 1.87. The summed E-state index contributed by atoms with van der Waals surface area (Å²) in [5.41, 5.74) is 0.366. The summed E-state index contributed by atoms with van der Waals surface area (Å²) < 4.78 is 36.8. The predicted octanol–water partition coefficient (Wildman–Crippen LogP) is 3.13. The summed E-state index contributed by atoms with van der Waals surface area (Å²) in [6, 6.07) is 5.65. The lowest BCUT2D eigenvalue weighted by Gasteiger charge is -2.12. The molecule has 2 rings (SSSR count). The molecule has 0 aromatic heterocycles. The van der Waals surface area contributed by atoms with Crippen LogP contribution in [0.2, 0.25) is 0 Å². The topological polar surface area (TPSA) is 12.0 Å². The summed E-state index contributed by atoms with van der Waals surface area (Å²) in [6.07, 6.45) is -2.14. The molecule has 0 spiro atoms. The van der Waals surface area contributed by atoms with Gasteiger partial charge in [-0.15, -0.1) is 0 Å². The normalized spacial score (nSPS) is 21.9. The van der Waals surface area contributed by atoms with Crippen molar-refractivity contribution >= 4 is 0 Å². The average molecular weight is 215 g/mol. The molecular formula is C11H12F3N. The van der Waals surface area contributed by atoms with Gasteiger partial charge in [0.05, 0.1) is 5.56 Å². The zero-order valence-corrected chi connectivity index (χ0v) is 8.14. The molecule has 1 saturated heterocycles. The van der Waals surface area contributed by atoms with Crippen molar-refractivity contribution in [1.82, 2.24) is 5.32 Å². The molecule has 4 heteroatoms. The highest BCUT2D eigenvalue weighted by atomic mass is 19.4. The van der Waals surface area contributed by atoms with Crippen LogP contribution in [0.15, 0.2) is 24.3 Å². The van der Waals surface area contributed by atoms with Crippen LogP contribution in [0.4, 0.5) is 13.2 Å². The first-order chi connectivity index (χ1) is 7.07. The van der Waals surface area contributed by atoms with Crippen molar-refractivity contribution in [2.24, 2.45) is 0 Å². The lowest BCUT2D eigenvalue weighted by Crippen LogP contribution is -2.13. The van der Waals surface area contributed by atoms with E-state index in [4.69, 9.17) is 0 Å². The maximum absolute atomic E-state index is 12.3. The smallest absolute Gasteiger partial charge is 0.310 e. The molecule has 1 fully saturated rings. The number of hydrogen-bond acceptors (Lipinski definition) is 1. The largest absolute Gasteiger partial charge is 0.416 e. The molecule has 1 aliphatic heterocycles. The van der Waals surface area contributed by atoms with Gasteiger partial charge in [-0.2, -0.15) is 13.2 Å². The molecule has 0 bridgehead atoms. The molecule has 15 heavy (non-hydrogen) atoms. The van der Waals surface area contributed by atoms with Crippen LogP contribution < -0.4 is 5.32 Å². The van der Waals surface area contributed by atoms with Crippen LogP contribution in [0.1, 0.15) is 30.0 Å². The van der Waals surface area contributed by atoms with E-state index >= 15 is 0 Å². The van der Waals surface area contributed by atoms with E-state index in [1.807, 2.05) is 0 Å². The molecule has 0 unspecified atom stereocenters. The van der Waals surface area contributed by atoms with Gasteiger partial charge < -0.3 is 5.32 Å². The van der Waals surface area contributed by atoms with Gasteiger partial charge in [-0.3, -0.25) is 0 Å². The third-order valence-electron chi connectivity index (χ3n) is 2.70. The summed E-state index contributed by atoms with van der Waals surface area (Å²) in [4.78, 5) is 0. The Morgan fingerprint density at radius 2 is 1.80 bits per heavy atom. The molecule has 1 aromatic carbocycles. The van der Waals surface area contributed by atoms with Crippen LogP contribution in [-0.2, 0) is 6.18 Å². The average Bonchev–Trinajstić information content (AvgIpc) is 2.69. The van der Waals surface area contributed by atoms with Crippen molar-refractivity contribution in [2.75, 3.05) is 6.54 Å². The van der Waals surface area contributed by atoms with Crippen molar-refractivity contribution in [3.63, 3.8) is 0 Å². The second-order valence-electron chi connectivity index (χ2n) is 3.77. The highest BCUT2D eigenvalue weighted by Gasteiger charge is 2.30. The highest BCUT2D eigenvalue weighted by Crippen LogP contribution is 2.31. The van der Waals surface area contributed by atoms with E-state index in [2.05, 4.69) is 5.32 Å². The van der Waals surface area contributed by atoms with Gasteiger partial charge in [-0.25, -0.2) is 0 Å². The molecule has 1 atom stereocenters. The fourth-order valence-electron chi connectivity index (χ4n) is 1.87. The molecule has 1 aliphatic rings. The van der Waals surface area contributed by atoms with E-state index in [1.165, 1.54) is 0 Å². The van der Waals surface area contributed by atoms with E-state index in [0.29, 0.717) is 0 Å².